The van der Waals surface area contributed by atoms with Gasteiger partial charge in [-0.1, -0.05) is 36.0 Å². The molecule has 1 heterocycles. The highest BCUT2D eigenvalue weighted by atomic mass is 32.2. The van der Waals surface area contributed by atoms with Gasteiger partial charge in [0.1, 0.15) is 22.5 Å². The number of methoxy groups -OCH3 is 1. The number of amides is 2. The lowest BCUT2D eigenvalue weighted by atomic mass is 10.1. The highest BCUT2D eigenvalue weighted by Gasteiger charge is 2.36. The Hall–Kier alpha value is -4.18. The van der Waals surface area contributed by atoms with Crippen molar-refractivity contribution >= 4 is 46.1 Å². The normalized spacial score (nSPS) is 16.6. The number of carboxylic acid groups (broad SMARTS) is 1. The number of nitrogens with zero attached hydrogens (tertiary/aromatic N) is 2. The summed E-state index contributed by atoms with van der Waals surface area (Å²) in [6.07, 6.45) is -0.0871. The molecule has 1 saturated heterocycles. The van der Waals surface area contributed by atoms with E-state index in [0.29, 0.717) is 11.4 Å². The van der Waals surface area contributed by atoms with Crippen LogP contribution in [0.3, 0.4) is 0 Å². The molecule has 4 rings (SSSR count). The fourth-order valence-electron chi connectivity index (χ4n) is 3.47. The maximum atomic E-state index is 14.4. The van der Waals surface area contributed by atoms with Crippen LogP contribution in [0.2, 0.25) is 0 Å². The van der Waals surface area contributed by atoms with Crippen LogP contribution in [-0.4, -0.2) is 45.3 Å². The number of para-hydroxylation sites is 1. The van der Waals surface area contributed by atoms with Crippen LogP contribution >= 0.6 is 11.8 Å². The molecule has 0 saturated carbocycles. The molecule has 1 atom stereocenters. The first-order valence-electron chi connectivity index (χ1n) is 10.9. The van der Waals surface area contributed by atoms with Gasteiger partial charge in [-0.05, 0) is 54.1 Å². The number of benzene rings is 3. The Bertz CT molecular complexity index is 1310. The number of aliphatic imine (C=N–C) groups is 1. The van der Waals surface area contributed by atoms with Crippen molar-refractivity contribution in [1.82, 2.24) is 4.90 Å². The minimum Gasteiger partial charge on any atom is -0.497 e. The second-order valence-corrected chi connectivity index (χ2v) is 9.03. The van der Waals surface area contributed by atoms with Crippen molar-refractivity contribution in [3.05, 3.63) is 89.7 Å². The third kappa shape index (κ3) is 5.89. The summed E-state index contributed by atoms with van der Waals surface area (Å²) < 4.78 is 19.5. The second-order valence-electron chi connectivity index (χ2n) is 7.86. The summed E-state index contributed by atoms with van der Waals surface area (Å²) in [6, 6.07) is 18.8. The van der Waals surface area contributed by atoms with Gasteiger partial charge in [-0.25, -0.2) is 14.2 Å². The van der Waals surface area contributed by atoms with Crippen LogP contribution in [0, 0.1) is 5.82 Å². The van der Waals surface area contributed by atoms with E-state index in [1.54, 1.807) is 31.4 Å². The molecular weight excluding hydrogens is 485 g/mol. The summed E-state index contributed by atoms with van der Waals surface area (Å²) in [5.74, 6) is -1.73. The van der Waals surface area contributed by atoms with E-state index in [4.69, 9.17) is 9.84 Å². The zero-order valence-corrected chi connectivity index (χ0v) is 20.0. The van der Waals surface area contributed by atoms with Gasteiger partial charge in [0.05, 0.1) is 19.2 Å². The molecule has 0 bridgehead atoms. The number of carbonyl (C=O) groups excluding carboxylic acids is 2. The van der Waals surface area contributed by atoms with Crippen molar-refractivity contribution < 1.29 is 28.6 Å². The Morgan fingerprint density at radius 1 is 1.11 bits per heavy atom. The first kappa shape index (κ1) is 24.9. The highest BCUT2D eigenvalue weighted by molar-refractivity contribution is 8.15. The number of carbonyl (C=O) groups is 3. The quantitative estimate of drug-likeness (QED) is 0.480. The molecule has 36 heavy (non-hydrogen) atoms. The molecule has 1 aliphatic heterocycles. The Balaban J connectivity index is 1.58. The van der Waals surface area contributed by atoms with Gasteiger partial charge in [0.25, 0.3) is 0 Å². The van der Waals surface area contributed by atoms with Crippen molar-refractivity contribution in [2.24, 2.45) is 4.99 Å². The fraction of sp³-hybridized carbons (Fsp3) is 0.154. The van der Waals surface area contributed by atoms with E-state index in [2.05, 4.69) is 10.3 Å². The summed E-state index contributed by atoms with van der Waals surface area (Å²) in [4.78, 5) is 43.0. The number of nitrogens with one attached hydrogen (secondary N) is 1. The van der Waals surface area contributed by atoms with E-state index >= 15 is 0 Å². The van der Waals surface area contributed by atoms with Crippen LogP contribution in [0.4, 0.5) is 15.8 Å². The molecule has 0 aliphatic carbocycles. The average molecular weight is 508 g/mol. The summed E-state index contributed by atoms with van der Waals surface area (Å²) in [5.41, 5.74) is 1.35. The minimum absolute atomic E-state index is 0.0536. The first-order chi connectivity index (χ1) is 17.3. The van der Waals surface area contributed by atoms with Crippen LogP contribution in [0.5, 0.6) is 5.75 Å². The predicted molar refractivity (Wildman–Crippen MR) is 135 cm³/mol. The van der Waals surface area contributed by atoms with E-state index in [9.17, 15) is 18.8 Å². The molecular formula is C26H22FN3O5S. The Morgan fingerprint density at radius 3 is 2.44 bits per heavy atom. The molecule has 3 aromatic rings. The molecule has 1 aliphatic rings. The highest BCUT2D eigenvalue weighted by Crippen LogP contribution is 2.32. The number of ether oxygens (including phenoxy) is 1. The van der Waals surface area contributed by atoms with Gasteiger partial charge in [-0.15, -0.1) is 0 Å². The van der Waals surface area contributed by atoms with Crippen LogP contribution in [0.15, 0.2) is 77.8 Å². The lowest BCUT2D eigenvalue weighted by Crippen LogP contribution is -2.44. The van der Waals surface area contributed by atoms with Gasteiger partial charge < -0.3 is 15.2 Å². The van der Waals surface area contributed by atoms with Crippen LogP contribution in [-0.2, 0) is 16.1 Å². The molecule has 3 aromatic carbocycles. The van der Waals surface area contributed by atoms with E-state index in [-0.39, 0.29) is 35.3 Å². The van der Waals surface area contributed by atoms with Crippen molar-refractivity contribution in [1.29, 1.82) is 0 Å². The number of carboxylic acids is 1. The molecule has 0 radical (unpaired) electrons. The Kier molecular flexibility index (Phi) is 7.65. The number of rotatable bonds is 7. The number of anilines is 1. The number of hydrogen-bond donors (Lipinski definition) is 2. The first-order valence-corrected chi connectivity index (χ1v) is 11.8. The molecule has 0 spiro atoms. The molecule has 8 nitrogen and oxygen atoms in total. The van der Waals surface area contributed by atoms with Gasteiger partial charge in [-0.3, -0.25) is 14.5 Å². The lowest BCUT2D eigenvalue weighted by molar-refractivity contribution is -0.129. The molecule has 2 amide bonds. The zero-order valence-electron chi connectivity index (χ0n) is 19.2. The van der Waals surface area contributed by atoms with E-state index in [0.717, 1.165) is 17.3 Å². The van der Waals surface area contributed by atoms with Gasteiger partial charge in [0.15, 0.2) is 5.17 Å². The summed E-state index contributed by atoms with van der Waals surface area (Å²) in [6.45, 7) is 0.189. The molecule has 1 unspecified atom stereocenters. The third-order valence-corrected chi connectivity index (χ3v) is 6.59. The SMILES string of the molecule is COc1ccc(CN2C(=O)CC(C(=O)Nc3ccc(C(=O)O)cc3)SC2=Nc2ccccc2F)cc1. The maximum absolute atomic E-state index is 14.4. The number of hydrogen-bond acceptors (Lipinski definition) is 6. The Labute approximate surface area is 210 Å². The monoisotopic (exact) mass is 507 g/mol. The zero-order chi connectivity index (χ0) is 25.7. The fourth-order valence-corrected chi connectivity index (χ4v) is 4.57. The van der Waals surface area contributed by atoms with Crippen molar-refractivity contribution in [2.75, 3.05) is 12.4 Å². The second kappa shape index (κ2) is 11.0. The predicted octanol–water partition coefficient (Wildman–Crippen LogP) is 4.69. The largest absolute Gasteiger partial charge is 0.497 e. The van der Waals surface area contributed by atoms with Crippen LogP contribution in [0.1, 0.15) is 22.3 Å². The van der Waals surface area contributed by atoms with Gasteiger partial charge >= 0.3 is 5.97 Å². The molecule has 184 valence electrons. The third-order valence-electron chi connectivity index (χ3n) is 5.40. The van der Waals surface area contributed by atoms with Gasteiger partial charge in [0.2, 0.25) is 11.8 Å². The summed E-state index contributed by atoms with van der Waals surface area (Å²) >= 11 is 1.07. The average Bonchev–Trinajstić information content (AvgIpc) is 2.88. The van der Waals surface area contributed by atoms with E-state index in [1.165, 1.54) is 41.3 Å². The molecule has 10 heteroatoms. The Morgan fingerprint density at radius 2 is 1.81 bits per heavy atom. The van der Waals surface area contributed by atoms with Crippen LogP contribution < -0.4 is 10.1 Å². The summed E-state index contributed by atoms with van der Waals surface area (Å²) in [5, 5.41) is 11.1. The molecule has 2 N–H and O–H groups in total. The van der Waals surface area contributed by atoms with Crippen LogP contribution in [0.25, 0.3) is 0 Å². The van der Waals surface area contributed by atoms with Crippen molar-refractivity contribution in [3.8, 4) is 5.75 Å². The van der Waals surface area contributed by atoms with E-state index in [1.807, 2.05) is 12.1 Å². The maximum Gasteiger partial charge on any atom is 0.335 e. The smallest absolute Gasteiger partial charge is 0.335 e. The molecule has 0 aromatic heterocycles. The number of aromatic carboxylic acids is 1. The summed E-state index contributed by atoms with van der Waals surface area (Å²) in [7, 11) is 1.56. The van der Waals surface area contributed by atoms with Crippen molar-refractivity contribution in [3.63, 3.8) is 0 Å². The van der Waals surface area contributed by atoms with Gasteiger partial charge in [-0.2, -0.15) is 0 Å². The molecule has 1 fully saturated rings. The standard InChI is InChI=1S/C26H22FN3O5S/c1-35-19-12-6-16(7-13-19)15-30-23(31)14-22(36-26(30)29-21-5-3-2-4-20(21)27)24(32)28-18-10-8-17(9-11-18)25(33)34/h2-13,22H,14-15H2,1H3,(H,28,32)(H,33,34). The minimum atomic E-state index is -1.08. The van der Waals surface area contributed by atoms with Gasteiger partial charge in [0, 0.05) is 12.1 Å². The number of amidine groups is 1. The number of halogens is 1. The number of thioether (sulfide) groups is 1. The van der Waals surface area contributed by atoms with Crippen molar-refractivity contribution in [2.45, 2.75) is 18.2 Å². The topological polar surface area (TPSA) is 108 Å². The van der Waals surface area contributed by atoms with E-state index < -0.39 is 22.9 Å². The lowest BCUT2D eigenvalue weighted by Gasteiger charge is -2.32.